The molecule has 4 unspecified atom stereocenters. The first-order valence-corrected chi connectivity index (χ1v) is 7.63. The van der Waals surface area contributed by atoms with Gasteiger partial charge in [-0.25, -0.2) is 4.39 Å². The second-order valence-corrected chi connectivity index (χ2v) is 6.57. The zero-order chi connectivity index (χ0) is 13.4. The van der Waals surface area contributed by atoms with Gasteiger partial charge in [0.2, 0.25) is 0 Å². The number of nitrogens with one attached hydrogen (secondary N) is 1. The molecule has 1 nitrogen and oxygen atoms in total. The number of aryl methyl sites for hydroxylation is 1. The SMILES string of the molecule is Cc1ccc(C(C)NCC2CC3CCC2C3)cc1F. The van der Waals surface area contributed by atoms with Crippen molar-refractivity contribution < 1.29 is 4.39 Å². The molecule has 0 aromatic heterocycles. The van der Waals surface area contributed by atoms with Crippen molar-refractivity contribution in [3.63, 3.8) is 0 Å². The Balaban J connectivity index is 1.56. The minimum Gasteiger partial charge on any atom is -0.310 e. The van der Waals surface area contributed by atoms with E-state index in [1.165, 1.54) is 25.7 Å². The lowest BCUT2D eigenvalue weighted by atomic mass is 9.88. The Bertz CT molecular complexity index is 457. The van der Waals surface area contributed by atoms with E-state index in [9.17, 15) is 4.39 Å². The zero-order valence-electron chi connectivity index (χ0n) is 12.0. The molecule has 2 bridgehead atoms. The summed E-state index contributed by atoms with van der Waals surface area (Å²) >= 11 is 0. The molecule has 4 atom stereocenters. The number of benzene rings is 1. The second kappa shape index (κ2) is 5.24. The van der Waals surface area contributed by atoms with E-state index in [1.54, 1.807) is 6.07 Å². The maximum Gasteiger partial charge on any atom is 0.126 e. The third-order valence-electron chi connectivity index (χ3n) is 5.27. The van der Waals surface area contributed by atoms with E-state index in [0.717, 1.165) is 35.4 Å². The quantitative estimate of drug-likeness (QED) is 0.855. The predicted octanol–water partition coefficient (Wildman–Crippen LogP) is 4.22. The summed E-state index contributed by atoms with van der Waals surface area (Å²) < 4.78 is 13.6. The molecule has 0 aliphatic heterocycles. The van der Waals surface area contributed by atoms with Crippen LogP contribution in [0.3, 0.4) is 0 Å². The van der Waals surface area contributed by atoms with E-state index >= 15 is 0 Å². The molecule has 0 amide bonds. The Morgan fingerprint density at radius 2 is 2.16 bits per heavy atom. The first-order chi connectivity index (χ1) is 9.13. The molecule has 1 aromatic carbocycles. The van der Waals surface area contributed by atoms with Crippen molar-refractivity contribution in [3.05, 3.63) is 35.1 Å². The first kappa shape index (κ1) is 13.1. The fourth-order valence-electron chi connectivity index (χ4n) is 3.95. The lowest BCUT2D eigenvalue weighted by Gasteiger charge is -2.24. The van der Waals surface area contributed by atoms with Gasteiger partial charge >= 0.3 is 0 Å². The van der Waals surface area contributed by atoms with Gasteiger partial charge in [0, 0.05) is 6.04 Å². The van der Waals surface area contributed by atoms with Crippen LogP contribution >= 0.6 is 0 Å². The molecule has 0 spiro atoms. The second-order valence-electron chi connectivity index (χ2n) is 6.57. The highest BCUT2D eigenvalue weighted by atomic mass is 19.1. The lowest BCUT2D eigenvalue weighted by Crippen LogP contribution is -2.28. The van der Waals surface area contributed by atoms with Gasteiger partial charge in [-0.2, -0.15) is 0 Å². The van der Waals surface area contributed by atoms with Gasteiger partial charge in [-0.15, -0.1) is 0 Å². The molecule has 1 aromatic rings. The van der Waals surface area contributed by atoms with E-state index in [4.69, 9.17) is 0 Å². The van der Waals surface area contributed by atoms with Crippen LogP contribution in [-0.2, 0) is 0 Å². The Morgan fingerprint density at radius 3 is 2.79 bits per heavy atom. The van der Waals surface area contributed by atoms with Crippen LogP contribution in [0.2, 0.25) is 0 Å². The summed E-state index contributed by atoms with van der Waals surface area (Å²) in [6, 6.07) is 5.83. The van der Waals surface area contributed by atoms with Crippen molar-refractivity contribution in [1.82, 2.24) is 5.32 Å². The first-order valence-electron chi connectivity index (χ1n) is 7.63. The smallest absolute Gasteiger partial charge is 0.126 e. The fourth-order valence-corrected chi connectivity index (χ4v) is 3.95. The third kappa shape index (κ3) is 2.69. The minimum atomic E-state index is -0.0916. The molecule has 2 heteroatoms. The molecule has 0 radical (unpaired) electrons. The Labute approximate surface area is 115 Å². The van der Waals surface area contributed by atoms with Gasteiger partial charge in [0.1, 0.15) is 5.82 Å². The van der Waals surface area contributed by atoms with E-state index in [0.29, 0.717) is 0 Å². The number of hydrogen-bond acceptors (Lipinski definition) is 1. The van der Waals surface area contributed by atoms with Crippen LogP contribution in [0.4, 0.5) is 4.39 Å². The molecule has 0 heterocycles. The van der Waals surface area contributed by atoms with Gasteiger partial charge in [-0.1, -0.05) is 18.6 Å². The van der Waals surface area contributed by atoms with Crippen LogP contribution in [0.25, 0.3) is 0 Å². The number of rotatable bonds is 4. The van der Waals surface area contributed by atoms with Crippen molar-refractivity contribution in [2.45, 2.75) is 45.6 Å². The molecule has 2 fully saturated rings. The summed E-state index contributed by atoms with van der Waals surface area (Å²) in [5, 5.41) is 3.61. The summed E-state index contributed by atoms with van der Waals surface area (Å²) in [7, 11) is 0. The van der Waals surface area contributed by atoms with Gasteiger partial charge in [0.25, 0.3) is 0 Å². The number of hydrogen-bond donors (Lipinski definition) is 1. The Hall–Kier alpha value is -0.890. The standard InChI is InChI=1S/C17H24FN/c1-11-3-5-14(9-17(11)18)12(2)19-10-16-8-13-4-6-15(16)7-13/h3,5,9,12-13,15-16,19H,4,6-8,10H2,1-2H3. The van der Waals surface area contributed by atoms with E-state index in [2.05, 4.69) is 12.2 Å². The van der Waals surface area contributed by atoms with Crippen molar-refractivity contribution in [1.29, 1.82) is 0 Å². The summed E-state index contributed by atoms with van der Waals surface area (Å²) in [6.45, 7) is 5.04. The average Bonchev–Trinajstić information content (AvgIpc) is 3.01. The molecule has 0 saturated heterocycles. The zero-order valence-corrected chi connectivity index (χ0v) is 12.0. The minimum absolute atomic E-state index is 0.0916. The Kier molecular flexibility index (Phi) is 3.62. The fraction of sp³-hybridized carbons (Fsp3) is 0.647. The van der Waals surface area contributed by atoms with Crippen LogP contribution in [0.15, 0.2) is 18.2 Å². The molecular formula is C17H24FN. The predicted molar refractivity (Wildman–Crippen MR) is 76.5 cm³/mol. The van der Waals surface area contributed by atoms with Crippen LogP contribution in [-0.4, -0.2) is 6.54 Å². The van der Waals surface area contributed by atoms with Crippen molar-refractivity contribution in [3.8, 4) is 0 Å². The molecule has 104 valence electrons. The van der Waals surface area contributed by atoms with Crippen LogP contribution in [0, 0.1) is 30.5 Å². The van der Waals surface area contributed by atoms with Crippen LogP contribution < -0.4 is 5.32 Å². The van der Waals surface area contributed by atoms with Crippen molar-refractivity contribution in [2.24, 2.45) is 17.8 Å². The molecule has 1 N–H and O–H groups in total. The monoisotopic (exact) mass is 261 g/mol. The van der Waals surface area contributed by atoms with E-state index in [1.807, 2.05) is 19.1 Å². The van der Waals surface area contributed by atoms with E-state index in [-0.39, 0.29) is 11.9 Å². The van der Waals surface area contributed by atoms with E-state index < -0.39 is 0 Å². The topological polar surface area (TPSA) is 12.0 Å². The van der Waals surface area contributed by atoms with Gasteiger partial charge in [0.05, 0.1) is 0 Å². The van der Waals surface area contributed by atoms with Crippen LogP contribution in [0.5, 0.6) is 0 Å². The number of halogens is 1. The normalized spacial score (nSPS) is 30.8. The summed E-state index contributed by atoms with van der Waals surface area (Å²) in [6.07, 6.45) is 5.76. The average molecular weight is 261 g/mol. The van der Waals surface area contributed by atoms with Crippen molar-refractivity contribution >= 4 is 0 Å². The summed E-state index contributed by atoms with van der Waals surface area (Å²) in [5.41, 5.74) is 1.79. The number of fused-ring (bicyclic) bond motifs is 2. The highest BCUT2D eigenvalue weighted by Gasteiger charge is 2.39. The molecule has 2 aliphatic carbocycles. The van der Waals surface area contributed by atoms with Gasteiger partial charge < -0.3 is 5.32 Å². The maximum atomic E-state index is 13.6. The molecule has 19 heavy (non-hydrogen) atoms. The maximum absolute atomic E-state index is 13.6. The molecular weight excluding hydrogens is 237 g/mol. The van der Waals surface area contributed by atoms with Gasteiger partial charge in [-0.3, -0.25) is 0 Å². The summed E-state index contributed by atoms with van der Waals surface area (Å²) in [4.78, 5) is 0. The van der Waals surface area contributed by atoms with Gasteiger partial charge in [0.15, 0.2) is 0 Å². The lowest BCUT2D eigenvalue weighted by molar-refractivity contribution is 0.309. The van der Waals surface area contributed by atoms with Crippen molar-refractivity contribution in [2.75, 3.05) is 6.54 Å². The van der Waals surface area contributed by atoms with Gasteiger partial charge in [-0.05, 0) is 74.6 Å². The molecule has 2 aliphatic rings. The molecule has 3 rings (SSSR count). The highest BCUT2D eigenvalue weighted by Crippen LogP contribution is 2.48. The molecule has 2 saturated carbocycles. The van der Waals surface area contributed by atoms with Crippen LogP contribution in [0.1, 0.15) is 49.8 Å². The highest BCUT2D eigenvalue weighted by molar-refractivity contribution is 5.25. The largest absolute Gasteiger partial charge is 0.310 e. The summed E-state index contributed by atoms with van der Waals surface area (Å²) in [5.74, 6) is 2.73. The Morgan fingerprint density at radius 1 is 1.32 bits per heavy atom. The third-order valence-corrected chi connectivity index (χ3v) is 5.27.